The fourth-order valence-electron chi connectivity index (χ4n) is 2.26. The van der Waals surface area contributed by atoms with E-state index in [0.717, 1.165) is 11.8 Å². The molecule has 0 spiro atoms. The van der Waals surface area contributed by atoms with Crippen molar-refractivity contribution in [1.29, 1.82) is 0 Å². The number of hydrogen-bond acceptors (Lipinski definition) is 2. The van der Waals surface area contributed by atoms with Crippen LogP contribution in [0.2, 0.25) is 0 Å². The molecule has 2 heteroatoms. The minimum absolute atomic E-state index is 0.530. The Balaban J connectivity index is 1.85. The molecule has 1 aromatic carbocycles. The Morgan fingerprint density at radius 3 is 2.81 bits per heavy atom. The molecule has 0 radical (unpaired) electrons. The van der Waals surface area contributed by atoms with E-state index in [9.17, 15) is 0 Å². The van der Waals surface area contributed by atoms with E-state index in [-0.39, 0.29) is 0 Å². The summed E-state index contributed by atoms with van der Waals surface area (Å²) in [6.07, 6.45) is 3.96. The third-order valence-electron chi connectivity index (χ3n) is 3.23. The zero-order valence-electron chi connectivity index (χ0n) is 9.99. The number of nitrogens with one attached hydrogen (secondary N) is 1. The second-order valence-corrected chi connectivity index (χ2v) is 5.82. The summed E-state index contributed by atoms with van der Waals surface area (Å²) < 4.78 is 0. The Kier molecular flexibility index (Phi) is 4.73. The summed E-state index contributed by atoms with van der Waals surface area (Å²) in [5.74, 6) is 1.36. The highest BCUT2D eigenvalue weighted by molar-refractivity contribution is 8.00. The second kappa shape index (κ2) is 6.31. The zero-order valence-corrected chi connectivity index (χ0v) is 10.8. The number of thioether (sulfide) groups is 1. The van der Waals surface area contributed by atoms with E-state index >= 15 is 0 Å². The first-order valence-corrected chi connectivity index (χ1v) is 7.35. The first kappa shape index (κ1) is 12.0. The lowest BCUT2D eigenvalue weighted by molar-refractivity contribution is 0.512. The smallest absolute Gasteiger partial charge is 0.0318 e. The van der Waals surface area contributed by atoms with Crippen LogP contribution in [-0.2, 0) is 0 Å². The van der Waals surface area contributed by atoms with Crippen LogP contribution in [0.1, 0.15) is 37.8 Å². The van der Waals surface area contributed by atoms with Crippen LogP contribution >= 0.6 is 11.8 Å². The number of benzene rings is 1. The third-order valence-corrected chi connectivity index (χ3v) is 4.62. The van der Waals surface area contributed by atoms with Gasteiger partial charge in [-0.3, -0.25) is 0 Å². The molecule has 1 fully saturated rings. The van der Waals surface area contributed by atoms with Gasteiger partial charge in [0.15, 0.2) is 0 Å². The third kappa shape index (κ3) is 3.26. The molecule has 0 aromatic heterocycles. The van der Waals surface area contributed by atoms with E-state index in [1.54, 1.807) is 0 Å². The van der Waals surface area contributed by atoms with Crippen molar-refractivity contribution < 1.29 is 0 Å². The molecule has 0 amide bonds. The quantitative estimate of drug-likeness (QED) is 0.836. The Morgan fingerprint density at radius 1 is 1.38 bits per heavy atom. The molecular formula is C14H21NS. The van der Waals surface area contributed by atoms with Crippen LogP contribution in [0.25, 0.3) is 0 Å². The summed E-state index contributed by atoms with van der Waals surface area (Å²) in [6, 6.07) is 11.3. The lowest BCUT2D eigenvalue weighted by Gasteiger charge is -2.19. The summed E-state index contributed by atoms with van der Waals surface area (Å²) in [4.78, 5) is 0. The summed E-state index contributed by atoms with van der Waals surface area (Å²) in [6.45, 7) is 3.42. The monoisotopic (exact) mass is 235 g/mol. The molecule has 1 N–H and O–H groups in total. The van der Waals surface area contributed by atoms with E-state index in [2.05, 4.69) is 54.3 Å². The van der Waals surface area contributed by atoms with Crippen molar-refractivity contribution in [2.75, 3.05) is 12.3 Å². The van der Waals surface area contributed by atoms with Gasteiger partial charge in [-0.2, -0.15) is 11.8 Å². The summed E-state index contributed by atoms with van der Waals surface area (Å²) in [5.41, 5.74) is 1.42. The molecule has 1 saturated heterocycles. The van der Waals surface area contributed by atoms with Gasteiger partial charge >= 0.3 is 0 Å². The minimum atomic E-state index is 0.530. The predicted molar refractivity (Wildman–Crippen MR) is 73.0 cm³/mol. The molecule has 1 aliphatic heterocycles. The van der Waals surface area contributed by atoms with Gasteiger partial charge in [-0.15, -0.1) is 0 Å². The van der Waals surface area contributed by atoms with E-state index in [0.29, 0.717) is 6.04 Å². The maximum Gasteiger partial charge on any atom is 0.0318 e. The predicted octanol–water partition coefficient (Wildman–Crippen LogP) is 3.62. The molecule has 0 saturated carbocycles. The maximum atomic E-state index is 3.71. The van der Waals surface area contributed by atoms with Crippen molar-refractivity contribution in [3.63, 3.8) is 0 Å². The van der Waals surface area contributed by atoms with Gasteiger partial charge in [0.25, 0.3) is 0 Å². The first-order valence-electron chi connectivity index (χ1n) is 6.30. The number of rotatable bonds is 5. The highest BCUT2D eigenvalue weighted by Gasteiger charge is 2.17. The molecule has 1 heterocycles. The van der Waals surface area contributed by atoms with Gasteiger partial charge in [-0.1, -0.05) is 37.3 Å². The van der Waals surface area contributed by atoms with Crippen molar-refractivity contribution in [2.45, 2.75) is 37.5 Å². The summed E-state index contributed by atoms with van der Waals surface area (Å²) >= 11 is 2.13. The average Bonchev–Trinajstić information content (AvgIpc) is 2.84. The summed E-state index contributed by atoms with van der Waals surface area (Å²) in [5, 5.41) is 4.55. The molecule has 1 nitrogen and oxygen atoms in total. The van der Waals surface area contributed by atoms with Crippen LogP contribution < -0.4 is 5.32 Å². The van der Waals surface area contributed by atoms with E-state index in [1.807, 2.05) is 0 Å². The van der Waals surface area contributed by atoms with Gasteiger partial charge in [-0.25, -0.2) is 0 Å². The van der Waals surface area contributed by atoms with Crippen LogP contribution in [0.4, 0.5) is 0 Å². The molecule has 1 aromatic rings. The van der Waals surface area contributed by atoms with Crippen LogP contribution in [0.5, 0.6) is 0 Å². The van der Waals surface area contributed by atoms with Crippen molar-refractivity contribution >= 4 is 11.8 Å². The largest absolute Gasteiger partial charge is 0.309 e. The van der Waals surface area contributed by atoms with Crippen molar-refractivity contribution in [1.82, 2.24) is 5.32 Å². The van der Waals surface area contributed by atoms with Gasteiger partial charge in [0.05, 0.1) is 0 Å². The topological polar surface area (TPSA) is 12.0 Å². The van der Waals surface area contributed by atoms with Crippen molar-refractivity contribution in [3.8, 4) is 0 Å². The van der Waals surface area contributed by atoms with Gasteiger partial charge in [0, 0.05) is 17.8 Å². The zero-order chi connectivity index (χ0) is 11.2. The number of hydrogen-bond donors (Lipinski definition) is 1. The average molecular weight is 235 g/mol. The lowest BCUT2D eigenvalue weighted by Crippen LogP contribution is -2.27. The van der Waals surface area contributed by atoms with Crippen LogP contribution in [0.3, 0.4) is 0 Å². The summed E-state index contributed by atoms with van der Waals surface area (Å²) in [7, 11) is 0. The first-order chi connectivity index (χ1) is 7.90. The molecule has 2 atom stereocenters. The van der Waals surface area contributed by atoms with Gasteiger partial charge in [0.1, 0.15) is 0 Å². The standard InChI is InChI=1S/C14H21NS/c1-2-14(12-7-4-3-5-8-12)15-11-13-9-6-10-16-13/h3-5,7-8,13-15H,2,6,9-11H2,1H3. The molecule has 0 bridgehead atoms. The molecule has 2 unspecified atom stereocenters. The normalized spacial score (nSPS) is 22.2. The van der Waals surface area contributed by atoms with Crippen molar-refractivity contribution in [3.05, 3.63) is 35.9 Å². The molecule has 0 aliphatic carbocycles. The van der Waals surface area contributed by atoms with Crippen LogP contribution in [0, 0.1) is 0 Å². The molecule has 2 rings (SSSR count). The lowest BCUT2D eigenvalue weighted by atomic mass is 10.0. The fourth-order valence-corrected chi connectivity index (χ4v) is 3.48. The Hall–Kier alpha value is -0.470. The molecule has 16 heavy (non-hydrogen) atoms. The SMILES string of the molecule is CCC(NCC1CCCS1)c1ccccc1. The highest BCUT2D eigenvalue weighted by atomic mass is 32.2. The Bertz CT molecular complexity index is 293. The van der Waals surface area contributed by atoms with Crippen LogP contribution in [-0.4, -0.2) is 17.5 Å². The van der Waals surface area contributed by atoms with Crippen LogP contribution in [0.15, 0.2) is 30.3 Å². The second-order valence-electron chi connectivity index (χ2n) is 4.41. The maximum absolute atomic E-state index is 3.71. The van der Waals surface area contributed by atoms with Gasteiger partial charge < -0.3 is 5.32 Å². The van der Waals surface area contributed by atoms with E-state index < -0.39 is 0 Å². The Morgan fingerprint density at radius 2 is 2.19 bits per heavy atom. The minimum Gasteiger partial charge on any atom is -0.309 e. The van der Waals surface area contributed by atoms with E-state index in [1.165, 1.54) is 30.6 Å². The van der Waals surface area contributed by atoms with Gasteiger partial charge in [0.2, 0.25) is 0 Å². The van der Waals surface area contributed by atoms with Gasteiger partial charge in [-0.05, 0) is 30.6 Å². The molecule has 88 valence electrons. The Labute approximate surface area is 103 Å². The van der Waals surface area contributed by atoms with E-state index in [4.69, 9.17) is 0 Å². The molecular weight excluding hydrogens is 214 g/mol. The van der Waals surface area contributed by atoms with Crippen molar-refractivity contribution in [2.24, 2.45) is 0 Å². The molecule has 1 aliphatic rings. The highest BCUT2D eigenvalue weighted by Crippen LogP contribution is 2.26. The fraction of sp³-hybridized carbons (Fsp3) is 0.571.